The molecule has 1 heterocycles. The standard InChI is InChI=1S/C8H8F3N3O3/c9-8(10,11)4-14-5(1-2-13-14)6(15)3-12-7(16)17/h1-2,12H,3-4H2,(H,16,17). The maximum absolute atomic E-state index is 12.1. The van der Waals surface area contributed by atoms with Crippen LogP contribution >= 0.6 is 0 Å². The number of Topliss-reactive ketones (excluding diaryl/α,β-unsaturated/α-hetero) is 1. The molecular formula is C8H8F3N3O3. The van der Waals surface area contributed by atoms with Crippen LogP contribution in [-0.2, 0) is 6.54 Å². The Bertz CT molecular complexity index is 427. The molecule has 0 aliphatic rings. The SMILES string of the molecule is O=C(O)NCC(=O)c1ccnn1CC(F)(F)F. The van der Waals surface area contributed by atoms with Gasteiger partial charge in [-0.1, -0.05) is 0 Å². The molecule has 0 aliphatic heterocycles. The van der Waals surface area contributed by atoms with Gasteiger partial charge in [0, 0.05) is 6.20 Å². The number of aromatic nitrogens is 2. The average molecular weight is 251 g/mol. The van der Waals surface area contributed by atoms with Crippen molar-refractivity contribution in [2.45, 2.75) is 12.7 Å². The number of amides is 1. The molecule has 0 aliphatic carbocycles. The molecule has 94 valence electrons. The van der Waals surface area contributed by atoms with Crippen LogP contribution in [0.4, 0.5) is 18.0 Å². The third-order valence-electron chi connectivity index (χ3n) is 1.73. The molecule has 0 saturated heterocycles. The van der Waals surface area contributed by atoms with Crippen LogP contribution in [0, 0.1) is 0 Å². The fraction of sp³-hybridized carbons (Fsp3) is 0.375. The first-order chi connectivity index (χ1) is 7.79. The van der Waals surface area contributed by atoms with Crippen molar-refractivity contribution < 1.29 is 27.9 Å². The van der Waals surface area contributed by atoms with Crippen LogP contribution in [0.15, 0.2) is 12.3 Å². The van der Waals surface area contributed by atoms with E-state index in [2.05, 4.69) is 5.10 Å². The Morgan fingerprint density at radius 2 is 2.12 bits per heavy atom. The van der Waals surface area contributed by atoms with Gasteiger partial charge >= 0.3 is 12.3 Å². The Morgan fingerprint density at radius 3 is 2.65 bits per heavy atom. The Labute approximate surface area is 93.0 Å². The number of halogens is 3. The summed E-state index contributed by atoms with van der Waals surface area (Å²) in [5, 5.41) is 13.4. The van der Waals surface area contributed by atoms with Gasteiger partial charge in [-0.2, -0.15) is 18.3 Å². The highest BCUT2D eigenvalue weighted by Gasteiger charge is 2.30. The molecule has 2 N–H and O–H groups in total. The summed E-state index contributed by atoms with van der Waals surface area (Å²) in [5.74, 6) is -0.783. The number of carbonyl (C=O) groups excluding carboxylic acids is 1. The zero-order valence-corrected chi connectivity index (χ0v) is 8.36. The minimum absolute atomic E-state index is 0.295. The molecule has 1 amide bonds. The van der Waals surface area contributed by atoms with Gasteiger partial charge in [-0.05, 0) is 6.07 Å². The van der Waals surface area contributed by atoms with E-state index in [-0.39, 0.29) is 5.69 Å². The number of ketones is 1. The first-order valence-electron chi connectivity index (χ1n) is 4.38. The van der Waals surface area contributed by atoms with Crippen molar-refractivity contribution in [1.82, 2.24) is 15.1 Å². The van der Waals surface area contributed by atoms with Crippen molar-refractivity contribution in [2.75, 3.05) is 6.54 Å². The molecule has 0 atom stereocenters. The van der Waals surface area contributed by atoms with E-state index in [4.69, 9.17) is 5.11 Å². The molecule has 0 aromatic carbocycles. The summed E-state index contributed by atoms with van der Waals surface area (Å²) in [6, 6.07) is 1.09. The second-order valence-corrected chi connectivity index (χ2v) is 3.07. The maximum Gasteiger partial charge on any atom is 0.408 e. The highest BCUT2D eigenvalue weighted by molar-refractivity contribution is 5.97. The van der Waals surface area contributed by atoms with E-state index in [0.717, 1.165) is 12.3 Å². The highest BCUT2D eigenvalue weighted by atomic mass is 19.4. The Morgan fingerprint density at radius 1 is 1.47 bits per heavy atom. The van der Waals surface area contributed by atoms with Crippen LogP contribution in [0.25, 0.3) is 0 Å². The Hall–Kier alpha value is -2.06. The van der Waals surface area contributed by atoms with Crippen LogP contribution < -0.4 is 5.32 Å². The lowest BCUT2D eigenvalue weighted by molar-refractivity contribution is -0.142. The summed E-state index contributed by atoms with van der Waals surface area (Å²) in [6.45, 7) is -1.99. The largest absolute Gasteiger partial charge is 0.465 e. The highest BCUT2D eigenvalue weighted by Crippen LogP contribution is 2.18. The molecule has 6 nitrogen and oxygen atoms in total. The second kappa shape index (κ2) is 4.85. The summed E-state index contributed by atoms with van der Waals surface area (Å²) in [6.07, 6.45) is -4.89. The second-order valence-electron chi connectivity index (χ2n) is 3.07. The first kappa shape index (κ1) is 13.0. The van der Waals surface area contributed by atoms with E-state index in [0.29, 0.717) is 4.68 Å². The summed E-state index contributed by atoms with van der Waals surface area (Å²) in [7, 11) is 0. The zero-order chi connectivity index (χ0) is 13.1. The van der Waals surface area contributed by atoms with Crippen molar-refractivity contribution >= 4 is 11.9 Å². The summed E-state index contributed by atoms with van der Waals surface area (Å²) < 4.78 is 36.8. The van der Waals surface area contributed by atoms with Gasteiger partial charge < -0.3 is 10.4 Å². The van der Waals surface area contributed by atoms with Crippen LogP contribution in [0.1, 0.15) is 10.5 Å². The number of rotatable bonds is 4. The minimum Gasteiger partial charge on any atom is -0.465 e. The number of carbonyl (C=O) groups is 2. The van der Waals surface area contributed by atoms with E-state index in [1.54, 1.807) is 5.32 Å². The average Bonchev–Trinajstić information content (AvgIpc) is 2.59. The van der Waals surface area contributed by atoms with E-state index in [9.17, 15) is 22.8 Å². The van der Waals surface area contributed by atoms with Gasteiger partial charge in [0.15, 0.2) is 5.78 Å². The van der Waals surface area contributed by atoms with Gasteiger partial charge in [-0.3, -0.25) is 9.48 Å². The van der Waals surface area contributed by atoms with Gasteiger partial charge in [-0.25, -0.2) is 4.79 Å². The third kappa shape index (κ3) is 4.13. The van der Waals surface area contributed by atoms with Gasteiger partial charge in [0.1, 0.15) is 12.2 Å². The predicted octanol–water partition coefficient (Wildman–Crippen LogP) is 0.896. The minimum atomic E-state index is -4.50. The van der Waals surface area contributed by atoms with Crippen LogP contribution in [-0.4, -0.2) is 39.5 Å². The lowest BCUT2D eigenvalue weighted by Crippen LogP contribution is -2.30. The van der Waals surface area contributed by atoms with Crippen molar-refractivity contribution in [3.8, 4) is 0 Å². The molecule has 0 saturated carbocycles. The molecule has 0 unspecified atom stereocenters. The number of nitrogens with zero attached hydrogens (tertiary/aromatic N) is 2. The first-order valence-corrected chi connectivity index (χ1v) is 4.38. The lowest BCUT2D eigenvalue weighted by Gasteiger charge is -2.09. The molecule has 9 heteroatoms. The third-order valence-corrected chi connectivity index (χ3v) is 1.73. The predicted molar refractivity (Wildman–Crippen MR) is 48.6 cm³/mol. The molecule has 1 rings (SSSR count). The zero-order valence-electron chi connectivity index (χ0n) is 8.36. The van der Waals surface area contributed by atoms with Gasteiger partial charge in [0.2, 0.25) is 0 Å². The molecule has 0 spiro atoms. The Balaban J connectivity index is 2.74. The molecule has 0 fully saturated rings. The quantitative estimate of drug-likeness (QED) is 0.778. The van der Waals surface area contributed by atoms with Gasteiger partial charge in [-0.15, -0.1) is 0 Å². The van der Waals surface area contributed by atoms with Crippen LogP contribution in [0.3, 0.4) is 0 Å². The van der Waals surface area contributed by atoms with E-state index < -0.39 is 31.1 Å². The number of carboxylic acid groups (broad SMARTS) is 1. The number of hydrogen-bond acceptors (Lipinski definition) is 3. The fourth-order valence-corrected chi connectivity index (χ4v) is 1.11. The van der Waals surface area contributed by atoms with Crippen molar-refractivity contribution in [3.05, 3.63) is 18.0 Å². The Kier molecular flexibility index (Phi) is 3.71. The van der Waals surface area contributed by atoms with Gasteiger partial charge in [0.25, 0.3) is 0 Å². The maximum atomic E-state index is 12.1. The molecule has 1 aromatic rings. The number of alkyl halides is 3. The van der Waals surface area contributed by atoms with Crippen molar-refractivity contribution in [2.24, 2.45) is 0 Å². The van der Waals surface area contributed by atoms with Crippen LogP contribution in [0.5, 0.6) is 0 Å². The number of hydrogen-bond donors (Lipinski definition) is 2. The van der Waals surface area contributed by atoms with Crippen molar-refractivity contribution in [1.29, 1.82) is 0 Å². The fourth-order valence-electron chi connectivity index (χ4n) is 1.11. The summed E-state index contributed by atoms with van der Waals surface area (Å²) >= 11 is 0. The lowest BCUT2D eigenvalue weighted by atomic mass is 10.3. The van der Waals surface area contributed by atoms with E-state index >= 15 is 0 Å². The topological polar surface area (TPSA) is 84.2 Å². The smallest absolute Gasteiger partial charge is 0.408 e. The molecule has 0 bridgehead atoms. The molecule has 0 radical (unpaired) electrons. The molecule has 1 aromatic heterocycles. The van der Waals surface area contributed by atoms with Gasteiger partial charge in [0.05, 0.1) is 6.54 Å². The van der Waals surface area contributed by atoms with Crippen molar-refractivity contribution in [3.63, 3.8) is 0 Å². The van der Waals surface area contributed by atoms with E-state index in [1.807, 2.05) is 0 Å². The molecular weight excluding hydrogens is 243 g/mol. The van der Waals surface area contributed by atoms with E-state index in [1.165, 1.54) is 0 Å². The van der Waals surface area contributed by atoms with Crippen LogP contribution in [0.2, 0.25) is 0 Å². The normalized spacial score (nSPS) is 11.2. The summed E-state index contributed by atoms with van der Waals surface area (Å²) in [5.41, 5.74) is -0.295. The summed E-state index contributed by atoms with van der Waals surface area (Å²) in [4.78, 5) is 21.5. The monoisotopic (exact) mass is 251 g/mol. The molecule has 17 heavy (non-hydrogen) atoms. The number of nitrogens with one attached hydrogen (secondary N) is 1.